The molecule has 0 bridgehead atoms. The number of aryl methyl sites for hydroxylation is 3. The predicted molar refractivity (Wildman–Crippen MR) is 125 cm³/mol. The van der Waals surface area contributed by atoms with Crippen LogP contribution in [-0.4, -0.2) is 36.8 Å². The number of fused-ring (bicyclic) bond motifs is 1. The first kappa shape index (κ1) is 22.3. The molecule has 3 aromatic rings. The van der Waals surface area contributed by atoms with Crippen LogP contribution < -0.4 is 5.43 Å². The van der Waals surface area contributed by atoms with E-state index in [1.165, 1.54) is 16.5 Å². The van der Waals surface area contributed by atoms with Crippen LogP contribution in [0.4, 0.5) is 0 Å². The number of benzene rings is 2. The van der Waals surface area contributed by atoms with Gasteiger partial charge in [0.2, 0.25) is 0 Å². The lowest BCUT2D eigenvalue weighted by Gasteiger charge is -2.28. The normalized spacial score (nSPS) is 17.5. The Bertz CT molecular complexity index is 1340. The molecule has 168 valence electrons. The molecule has 0 aliphatic carbocycles. The third-order valence-corrected chi connectivity index (χ3v) is 7.83. The minimum atomic E-state index is -3.20. The Morgan fingerprint density at radius 3 is 2.41 bits per heavy atom. The largest absolute Gasteiger partial charge is 0.451 e. The fourth-order valence-corrected chi connectivity index (χ4v) is 6.11. The lowest BCUT2D eigenvalue weighted by Crippen LogP contribution is -2.41. The van der Waals surface area contributed by atoms with Gasteiger partial charge in [0.1, 0.15) is 5.58 Å². The Morgan fingerprint density at radius 2 is 1.78 bits per heavy atom. The highest BCUT2D eigenvalue weighted by Gasteiger charge is 2.36. The zero-order valence-corrected chi connectivity index (χ0v) is 19.4. The number of sulfone groups is 1. The molecule has 6 nitrogen and oxygen atoms in total. The average Bonchev–Trinajstić information content (AvgIpc) is 3.10. The molecule has 1 fully saturated rings. The van der Waals surface area contributed by atoms with Crippen molar-refractivity contribution in [2.45, 2.75) is 46.2 Å². The molecule has 2 heterocycles. The molecule has 1 saturated heterocycles. The maximum Gasteiger partial charge on any atom is 0.290 e. The number of amides is 1. The van der Waals surface area contributed by atoms with E-state index in [1.54, 1.807) is 6.07 Å². The van der Waals surface area contributed by atoms with Crippen molar-refractivity contribution >= 4 is 26.7 Å². The van der Waals surface area contributed by atoms with Crippen LogP contribution in [0.2, 0.25) is 0 Å². The third-order valence-electron chi connectivity index (χ3n) is 6.08. The monoisotopic (exact) mass is 453 g/mol. The third kappa shape index (κ3) is 4.48. The topological polar surface area (TPSA) is 84.7 Å². The zero-order valence-electron chi connectivity index (χ0n) is 18.6. The molecule has 32 heavy (non-hydrogen) atoms. The highest BCUT2D eigenvalue weighted by atomic mass is 32.2. The van der Waals surface area contributed by atoms with Crippen LogP contribution in [0.3, 0.4) is 0 Å². The average molecular weight is 454 g/mol. The Kier molecular flexibility index (Phi) is 5.95. The van der Waals surface area contributed by atoms with E-state index in [4.69, 9.17) is 4.42 Å². The molecule has 1 aromatic heterocycles. The molecule has 1 aliphatic heterocycles. The molecule has 2 aromatic carbocycles. The summed E-state index contributed by atoms with van der Waals surface area (Å²) < 4.78 is 30.2. The molecule has 1 unspecified atom stereocenters. The van der Waals surface area contributed by atoms with E-state index in [0.29, 0.717) is 17.4 Å². The summed E-state index contributed by atoms with van der Waals surface area (Å²) in [6.45, 7) is 6.05. The van der Waals surface area contributed by atoms with Crippen molar-refractivity contribution in [3.8, 4) is 0 Å². The summed E-state index contributed by atoms with van der Waals surface area (Å²) in [6.07, 6.45) is 1.28. The van der Waals surface area contributed by atoms with Gasteiger partial charge in [-0.25, -0.2) is 8.42 Å². The molecular weight excluding hydrogens is 426 g/mol. The minimum Gasteiger partial charge on any atom is -0.451 e. The summed E-state index contributed by atoms with van der Waals surface area (Å²) in [5, 5.41) is 0.456. The van der Waals surface area contributed by atoms with Gasteiger partial charge in [0.05, 0.1) is 16.9 Å². The van der Waals surface area contributed by atoms with E-state index in [1.807, 2.05) is 44.2 Å². The van der Waals surface area contributed by atoms with E-state index in [9.17, 15) is 18.0 Å². The zero-order chi connectivity index (χ0) is 23.0. The van der Waals surface area contributed by atoms with Crippen LogP contribution >= 0.6 is 0 Å². The quantitative estimate of drug-likeness (QED) is 0.587. The first-order valence-electron chi connectivity index (χ1n) is 10.8. The minimum absolute atomic E-state index is 0.0519. The Labute approximate surface area is 187 Å². The maximum absolute atomic E-state index is 13.5. The first-order chi connectivity index (χ1) is 15.2. The van der Waals surface area contributed by atoms with E-state index in [2.05, 4.69) is 6.92 Å². The van der Waals surface area contributed by atoms with Crippen molar-refractivity contribution in [3.63, 3.8) is 0 Å². The van der Waals surface area contributed by atoms with E-state index >= 15 is 0 Å². The SMILES string of the molecule is CCc1ccc(CN(C(=O)c2cc(=O)c3c(C)cc(C)cc3o2)C2CCS(=O)(=O)C2)cc1. The van der Waals surface area contributed by atoms with Gasteiger partial charge in [0, 0.05) is 18.7 Å². The van der Waals surface area contributed by atoms with Gasteiger partial charge >= 0.3 is 0 Å². The van der Waals surface area contributed by atoms with Crippen molar-refractivity contribution in [2.75, 3.05) is 11.5 Å². The van der Waals surface area contributed by atoms with Gasteiger partial charge in [-0.3, -0.25) is 9.59 Å². The fourth-order valence-electron chi connectivity index (χ4n) is 4.38. The predicted octanol–water partition coefficient (Wildman–Crippen LogP) is 3.80. The smallest absolute Gasteiger partial charge is 0.290 e. The Hall–Kier alpha value is -2.93. The molecule has 0 radical (unpaired) electrons. The summed E-state index contributed by atoms with van der Waals surface area (Å²) in [7, 11) is -3.20. The molecule has 0 spiro atoms. The lowest BCUT2D eigenvalue weighted by atomic mass is 10.1. The molecule has 7 heteroatoms. The van der Waals surface area contributed by atoms with Crippen LogP contribution in [0.25, 0.3) is 11.0 Å². The molecule has 1 amide bonds. The Morgan fingerprint density at radius 1 is 1.09 bits per heavy atom. The number of hydrogen-bond acceptors (Lipinski definition) is 5. The van der Waals surface area contributed by atoms with E-state index < -0.39 is 21.8 Å². The molecular formula is C25H27NO5S. The second-order valence-corrected chi connectivity index (χ2v) is 10.8. The molecule has 1 atom stereocenters. The van der Waals surface area contributed by atoms with Gasteiger partial charge in [-0.05, 0) is 55.0 Å². The van der Waals surface area contributed by atoms with E-state index in [0.717, 1.165) is 23.1 Å². The Balaban J connectivity index is 1.74. The summed E-state index contributed by atoms with van der Waals surface area (Å²) in [5.74, 6) is -0.565. The molecule has 0 N–H and O–H groups in total. The van der Waals surface area contributed by atoms with E-state index in [-0.39, 0.29) is 29.2 Å². The fraction of sp³-hybridized carbons (Fsp3) is 0.360. The van der Waals surface area contributed by atoms with Gasteiger partial charge in [0.25, 0.3) is 5.91 Å². The summed E-state index contributed by atoms with van der Waals surface area (Å²) in [5.41, 5.74) is 3.89. The number of nitrogens with zero attached hydrogens (tertiary/aromatic N) is 1. The second kappa shape index (κ2) is 8.54. The summed E-state index contributed by atoms with van der Waals surface area (Å²) in [4.78, 5) is 27.9. The van der Waals surface area contributed by atoms with Gasteiger partial charge in [-0.2, -0.15) is 0 Å². The van der Waals surface area contributed by atoms with Crippen molar-refractivity contribution in [2.24, 2.45) is 0 Å². The van der Waals surface area contributed by atoms with Gasteiger partial charge in [0.15, 0.2) is 21.0 Å². The van der Waals surface area contributed by atoms with Gasteiger partial charge < -0.3 is 9.32 Å². The van der Waals surface area contributed by atoms with Gasteiger partial charge in [-0.15, -0.1) is 0 Å². The summed E-state index contributed by atoms with van der Waals surface area (Å²) >= 11 is 0. The number of rotatable bonds is 5. The number of hydrogen-bond donors (Lipinski definition) is 0. The standard InChI is InChI=1S/C25H27NO5S/c1-4-18-5-7-19(8-6-18)14-26(20-9-10-32(29,30)15-20)25(28)23-13-21(27)24-17(3)11-16(2)12-22(24)31-23/h5-8,11-13,20H,4,9-10,14-15H2,1-3H3. The van der Waals surface area contributed by atoms with Gasteiger partial charge in [-0.1, -0.05) is 37.3 Å². The number of carbonyl (C=O) groups excluding carboxylic acids is 1. The molecule has 1 aliphatic rings. The van der Waals surface area contributed by atoms with Crippen molar-refractivity contribution < 1.29 is 17.6 Å². The summed E-state index contributed by atoms with van der Waals surface area (Å²) in [6, 6.07) is 12.3. The van der Waals surface area contributed by atoms with Crippen LogP contribution in [0.15, 0.2) is 51.7 Å². The van der Waals surface area contributed by atoms with Crippen molar-refractivity contribution in [3.05, 3.63) is 80.7 Å². The highest BCUT2D eigenvalue weighted by Crippen LogP contribution is 2.24. The molecule has 4 rings (SSSR count). The van der Waals surface area contributed by atoms with Crippen LogP contribution in [0.5, 0.6) is 0 Å². The maximum atomic E-state index is 13.5. The highest BCUT2D eigenvalue weighted by molar-refractivity contribution is 7.91. The second-order valence-electron chi connectivity index (χ2n) is 8.59. The van der Waals surface area contributed by atoms with Crippen molar-refractivity contribution in [1.29, 1.82) is 0 Å². The van der Waals surface area contributed by atoms with Crippen LogP contribution in [0, 0.1) is 13.8 Å². The first-order valence-corrected chi connectivity index (χ1v) is 12.6. The number of carbonyl (C=O) groups is 1. The molecule has 0 saturated carbocycles. The van der Waals surface area contributed by atoms with Crippen LogP contribution in [0.1, 0.15) is 46.2 Å². The van der Waals surface area contributed by atoms with Crippen LogP contribution in [-0.2, 0) is 22.8 Å². The van der Waals surface area contributed by atoms with Crippen molar-refractivity contribution in [1.82, 2.24) is 4.90 Å². The lowest BCUT2D eigenvalue weighted by molar-refractivity contribution is 0.0648.